The van der Waals surface area contributed by atoms with Crippen LogP contribution in [-0.2, 0) is 22.3 Å². The molecule has 0 saturated heterocycles. The lowest BCUT2D eigenvalue weighted by molar-refractivity contribution is -0.159. The third kappa shape index (κ3) is 6.18. The van der Waals surface area contributed by atoms with Crippen LogP contribution in [0.4, 0.5) is 13.2 Å². The molecule has 0 aliphatic heterocycles. The molecular weight excluding hydrogens is 519 g/mol. The number of ether oxygens (including phenoxy) is 1. The number of carbonyl (C=O) groups excluding carboxylic acids is 1. The Kier molecular flexibility index (Phi) is 8.03. The lowest BCUT2D eigenvalue weighted by atomic mass is 10.0. The summed E-state index contributed by atoms with van der Waals surface area (Å²) in [5.41, 5.74) is 2.32. The van der Waals surface area contributed by atoms with E-state index in [-0.39, 0.29) is 18.9 Å². The Labute approximate surface area is 230 Å². The quantitative estimate of drug-likeness (QED) is 0.220. The molecule has 0 unspecified atom stereocenters. The van der Waals surface area contributed by atoms with Crippen molar-refractivity contribution < 1.29 is 32.6 Å². The standard InChI is InChI=1S/C32H30F3NO4/c1-20-7-13-24(14-8-20)29(37)28-21(2)26-16-15-25(32(33,34)35)18-27(26)36(28)19-23-11-9-22(10-12-23)6-5-17-40-31(3,4)30(38)39/h5-16,18H,17,19H2,1-4H3,(H,38,39)/b6-5+. The predicted molar refractivity (Wildman–Crippen MR) is 149 cm³/mol. The van der Waals surface area contributed by atoms with E-state index in [0.717, 1.165) is 28.8 Å². The molecule has 208 valence electrons. The minimum atomic E-state index is -4.52. The number of carboxylic acid groups (broad SMARTS) is 1. The first kappa shape index (κ1) is 28.8. The number of rotatable bonds is 9. The summed E-state index contributed by atoms with van der Waals surface area (Å²) >= 11 is 0. The van der Waals surface area contributed by atoms with Crippen LogP contribution in [0.5, 0.6) is 0 Å². The van der Waals surface area contributed by atoms with Gasteiger partial charge in [-0.25, -0.2) is 4.79 Å². The number of fused-ring (bicyclic) bond motifs is 1. The Morgan fingerprint density at radius 3 is 2.20 bits per heavy atom. The summed E-state index contributed by atoms with van der Waals surface area (Å²) in [4.78, 5) is 24.8. The van der Waals surface area contributed by atoms with E-state index < -0.39 is 23.3 Å². The van der Waals surface area contributed by atoms with E-state index in [0.29, 0.717) is 27.7 Å². The maximum atomic E-state index is 13.7. The van der Waals surface area contributed by atoms with Crippen molar-refractivity contribution in [3.8, 4) is 0 Å². The van der Waals surface area contributed by atoms with Gasteiger partial charge in [0.15, 0.2) is 5.60 Å². The van der Waals surface area contributed by atoms with Crippen molar-refractivity contribution in [2.75, 3.05) is 6.61 Å². The molecule has 3 aromatic carbocycles. The van der Waals surface area contributed by atoms with Crippen LogP contribution in [-0.4, -0.2) is 33.6 Å². The van der Waals surface area contributed by atoms with Crippen LogP contribution in [0, 0.1) is 13.8 Å². The molecule has 0 aliphatic rings. The van der Waals surface area contributed by atoms with Gasteiger partial charge in [-0.3, -0.25) is 4.79 Å². The number of hydrogen-bond donors (Lipinski definition) is 1. The molecular formula is C32H30F3NO4. The van der Waals surface area contributed by atoms with Gasteiger partial charge in [0.25, 0.3) is 0 Å². The van der Waals surface area contributed by atoms with Gasteiger partial charge in [-0.05, 0) is 56.5 Å². The van der Waals surface area contributed by atoms with Crippen molar-refractivity contribution in [1.29, 1.82) is 0 Å². The first-order chi connectivity index (χ1) is 18.8. The highest BCUT2D eigenvalue weighted by Gasteiger charge is 2.32. The van der Waals surface area contributed by atoms with E-state index in [4.69, 9.17) is 9.84 Å². The number of carboxylic acids is 1. The zero-order valence-electron chi connectivity index (χ0n) is 22.7. The van der Waals surface area contributed by atoms with Crippen LogP contribution in [0.3, 0.4) is 0 Å². The highest BCUT2D eigenvalue weighted by molar-refractivity contribution is 6.12. The van der Waals surface area contributed by atoms with Gasteiger partial charge in [-0.15, -0.1) is 0 Å². The van der Waals surface area contributed by atoms with Crippen molar-refractivity contribution in [2.24, 2.45) is 0 Å². The number of alkyl halides is 3. The van der Waals surface area contributed by atoms with Gasteiger partial charge in [-0.1, -0.05) is 72.3 Å². The van der Waals surface area contributed by atoms with Crippen molar-refractivity contribution in [2.45, 2.75) is 46.0 Å². The molecule has 0 saturated carbocycles. The summed E-state index contributed by atoms with van der Waals surface area (Å²) in [5.74, 6) is -1.31. The van der Waals surface area contributed by atoms with E-state index in [2.05, 4.69) is 0 Å². The van der Waals surface area contributed by atoms with Crippen molar-refractivity contribution >= 4 is 28.7 Å². The summed E-state index contributed by atoms with van der Waals surface area (Å²) in [7, 11) is 0. The second-order valence-electron chi connectivity index (χ2n) is 10.3. The number of ketones is 1. The van der Waals surface area contributed by atoms with E-state index in [1.54, 1.807) is 35.8 Å². The molecule has 4 aromatic rings. The normalized spacial score (nSPS) is 12.4. The van der Waals surface area contributed by atoms with Crippen LogP contribution in [0.2, 0.25) is 0 Å². The van der Waals surface area contributed by atoms with Gasteiger partial charge in [0, 0.05) is 23.0 Å². The Morgan fingerprint density at radius 1 is 0.950 bits per heavy atom. The second kappa shape index (κ2) is 11.1. The molecule has 1 N–H and O–H groups in total. The van der Waals surface area contributed by atoms with Crippen LogP contribution in [0.15, 0.2) is 72.8 Å². The molecule has 40 heavy (non-hydrogen) atoms. The summed E-state index contributed by atoms with van der Waals surface area (Å²) in [5, 5.41) is 9.72. The third-order valence-corrected chi connectivity index (χ3v) is 6.86. The summed E-state index contributed by atoms with van der Waals surface area (Å²) in [6.45, 7) is 6.92. The lowest BCUT2D eigenvalue weighted by Gasteiger charge is -2.18. The average molecular weight is 550 g/mol. The molecule has 8 heteroatoms. The maximum absolute atomic E-state index is 13.7. The van der Waals surface area contributed by atoms with Crippen LogP contribution < -0.4 is 0 Å². The molecule has 0 spiro atoms. The molecule has 0 amide bonds. The minimum Gasteiger partial charge on any atom is -0.479 e. The lowest BCUT2D eigenvalue weighted by Crippen LogP contribution is -2.34. The maximum Gasteiger partial charge on any atom is 0.416 e. The summed E-state index contributed by atoms with van der Waals surface area (Å²) in [6.07, 6.45) is -1.02. The smallest absolute Gasteiger partial charge is 0.416 e. The van der Waals surface area contributed by atoms with Crippen LogP contribution in [0.1, 0.15) is 57.7 Å². The highest BCUT2D eigenvalue weighted by atomic mass is 19.4. The number of aryl methyl sites for hydroxylation is 2. The van der Waals surface area contributed by atoms with E-state index in [1.165, 1.54) is 19.9 Å². The molecule has 4 rings (SSSR count). The zero-order chi connectivity index (χ0) is 29.2. The van der Waals surface area contributed by atoms with Gasteiger partial charge in [-0.2, -0.15) is 13.2 Å². The fourth-order valence-electron chi connectivity index (χ4n) is 4.42. The number of nitrogens with zero attached hydrogens (tertiary/aromatic N) is 1. The Balaban J connectivity index is 1.68. The SMILES string of the molecule is Cc1ccc(C(=O)c2c(C)c3ccc(C(F)(F)F)cc3n2Cc2ccc(/C=C/COC(C)(C)C(=O)O)cc2)cc1. The summed E-state index contributed by atoms with van der Waals surface area (Å²) in [6, 6.07) is 18.1. The topological polar surface area (TPSA) is 68.5 Å². The first-order valence-corrected chi connectivity index (χ1v) is 12.7. The highest BCUT2D eigenvalue weighted by Crippen LogP contribution is 2.35. The van der Waals surface area contributed by atoms with Crippen molar-refractivity contribution in [3.63, 3.8) is 0 Å². The van der Waals surface area contributed by atoms with Gasteiger partial charge in [0.05, 0.1) is 17.9 Å². The molecule has 1 aromatic heterocycles. The number of benzene rings is 3. The number of aliphatic carboxylic acids is 1. The Bertz CT molecular complexity index is 1580. The molecule has 0 aliphatic carbocycles. The fraction of sp³-hybridized carbons (Fsp3) is 0.250. The molecule has 0 bridgehead atoms. The predicted octanol–water partition coefficient (Wildman–Crippen LogP) is 7.45. The number of carbonyl (C=O) groups is 2. The van der Waals surface area contributed by atoms with Crippen LogP contribution in [0.25, 0.3) is 17.0 Å². The van der Waals surface area contributed by atoms with Gasteiger partial charge in [0.1, 0.15) is 0 Å². The molecule has 0 radical (unpaired) electrons. The molecule has 0 fully saturated rings. The first-order valence-electron chi connectivity index (χ1n) is 12.7. The van der Waals surface area contributed by atoms with Crippen molar-refractivity contribution in [3.05, 3.63) is 112 Å². The average Bonchev–Trinajstić information content (AvgIpc) is 3.17. The third-order valence-electron chi connectivity index (χ3n) is 6.86. The molecule has 0 atom stereocenters. The number of halogens is 3. The zero-order valence-corrected chi connectivity index (χ0v) is 22.7. The summed E-state index contributed by atoms with van der Waals surface area (Å²) < 4.78 is 47.8. The monoisotopic (exact) mass is 549 g/mol. The number of hydrogen-bond acceptors (Lipinski definition) is 3. The van der Waals surface area contributed by atoms with E-state index in [9.17, 15) is 22.8 Å². The fourth-order valence-corrected chi connectivity index (χ4v) is 4.42. The van der Waals surface area contributed by atoms with E-state index in [1.807, 2.05) is 43.3 Å². The minimum absolute atomic E-state index is 0.113. The largest absolute Gasteiger partial charge is 0.479 e. The molecule has 1 heterocycles. The second-order valence-corrected chi connectivity index (χ2v) is 10.3. The molecule has 5 nitrogen and oxygen atoms in total. The Hall–Kier alpha value is -4.17. The van der Waals surface area contributed by atoms with Crippen LogP contribution >= 0.6 is 0 Å². The Morgan fingerprint density at radius 2 is 1.60 bits per heavy atom. The van der Waals surface area contributed by atoms with Gasteiger partial charge >= 0.3 is 12.1 Å². The van der Waals surface area contributed by atoms with E-state index >= 15 is 0 Å². The van der Waals surface area contributed by atoms with Crippen molar-refractivity contribution in [1.82, 2.24) is 4.57 Å². The van der Waals surface area contributed by atoms with Gasteiger partial charge in [0.2, 0.25) is 5.78 Å². The number of aromatic nitrogens is 1. The van der Waals surface area contributed by atoms with Gasteiger partial charge < -0.3 is 14.4 Å².